The highest BCUT2D eigenvalue weighted by Gasteiger charge is 2.33. The first kappa shape index (κ1) is 12.6. The molecule has 0 spiro atoms. The van der Waals surface area contributed by atoms with E-state index in [9.17, 15) is 0 Å². The van der Waals surface area contributed by atoms with Crippen LogP contribution < -0.4 is 9.82 Å². The zero-order chi connectivity index (χ0) is 13.6. The van der Waals surface area contributed by atoms with Crippen LogP contribution >= 0.6 is 11.3 Å². The average molecular weight is 287 g/mol. The topological polar surface area (TPSA) is 26.0 Å². The Balaban J connectivity index is 2.16. The summed E-state index contributed by atoms with van der Waals surface area (Å²) in [5.74, 6) is 1.02. The molecule has 2 nitrogen and oxygen atoms in total. The van der Waals surface area contributed by atoms with Gasteiger partial charge in [0.2, 0.25) is 0 Å². The molecule has 0 fully saturated rings. The molecule has 19 heavy (non-hydrogen) atoms. The largest absolute Gasteiger partial charge is 0.469 e. The van der Waals surface area contributed by atoms with Crippen molar-refractivity contribution < 1.29 is 4.42 Å². The van der Waals surface area contributed by atoms with Crippen molar-refractivity contribution in [2.75, 3.05) is 0 Å². The molecule has 0 unspecified atom stereocenters. The summed E-state index contributed by atoms with van der Waals surface area (Å²) in [4.78, 5) is 4.85. The van der Waals surface area contributed by atoms with E-state index in [1.807, 2.05) is 30.6 Å². The number of para-hydroxylation sites is 1. The van der Waals surface area contributed by atoms with Crippen LogP contribution in [0.3, 0.4) is 0 Å². The first-order valence-electron chi connectivity index (χ1n) is 6.41. The van der Waals surface area contributed by atoms with Crippen LogP contribution in [-0.4, -0.2) is 13.1 Å². The molecule has 0 bridgehead atoms. The van der Waals surface area contributed by atoms with Crippen LogP contribution in [0.2, 0.25) is 13.1 Å². The predicted octanol–water partition coefficient (Wildman–Crippen LogP) is 3.33. The van der Waals surface area contributed by atoms with E-state index in [0.29, 0.717) is 0 Å². The fourth-order valence-electron chi connectivity index (χ4n) is 2.38. The summed E-state index contributed by atoms with van der Waals surface area (Å²) in [5.41, 5.74) is 2.40. The lowest BCUT2D eigenvalue weighted by Crippen LogP contribution is -2.53. The molecule has 0 aliphatic rings. The summed E-state index contributed by atoms with van der Waals surface area (Å²) in [6.45, 7) is 8.88. The minimum absolute atomic E-state index is 1.02. The number of hydrogen-bond donors (Lipinski definition) is 0. The van der Waals surface area contributed by atoms with Gasteiger partial charge in [0.05, 0.1) is 21.1 Å². The number of thiazole rings is 1. The Morgan fingerprint density at radius 1 is 1.16 bits per heavy atom. The molecule has 0 saturated carbocycles. The molecule has 2 aromatic heterocycles. The van der Waals surface area contributed by atoms with E-state index in [4.69, 9.17) is 9.40 Å². The van der Waals surface area contributed by atoms with E-state index in [0.717, 1.165) is 11.3 Å². The van der Waals surface area contributed by atoms with Crippen molar-refractivity contribution in [3.05, 3.63) is 41.9 Å². The summed E-state index contributed by atoms with van der Waals surface area (Å²) in [6, 6.07) is 8.36. The van der Waals surface area contributed by atoms with Crippen molar-refractivity contribution >= 4 is 39.4 Å². The van der Waals surface area contributed by atoms with E-state index in [1.165, 1.54) is 20.1 Å². The van der Waals surface area contributed by atoms with Crippen LogP contribution in [-0.2, 0) is 0 Å². The van der Waals surface area contributed by atoms with Crippen LogP contribution in [0, 0.1) is 13.8 Å². The van der Waals surface area contributed by atoms with Gasteiger partial charge in [-0.1, -0.05) is 25.2 Å². The van der Waals surface area contributed by atoms with Gasteiger partial charge in [-0.05, 0) is 36.7 Å². The maximum Gasteiger partial charge on any atom is 0.152 e. The van der Waals surface area contributed by atoms with Crippen LogP contribution in [0.1, 0.15) is 11.3 Å². The summed E-state index contributed by atoms with van der Waals surface area (Å²) < 4.78 is 8.14. The summed E-state index contributed by atoms with van der Waals surface area (Å²) in [6.07, 6.45) is 1.93. The van der Waals surface area contributed by atoms with E-state index in [2.05, 4.69) is 38.2 Å². The molecule has 0 aliphatic heterocycles. The second-order valence-electron chi connectivity index (χ2n) is 5.44. The highest BCUT2D eigenvalue weighted by molar-refractivity contribution is 7.32. The minimum Gasteiger partial charge on any atom is -0.469 e. The van der Waals surface area contributed by atoms with Crippen molar-refractivity contribution in [1.82, 2.24) is 4.98 Å². The molecular formula is C15H17NOSSi. The second-order valence-corrected chi connectivity index (χ2v) is 11.1. The summed E-state index contributed by atoms with van der Waals surface area (Å²) in [7, 11) is -1.75. The van der Waals surface area contributed by atoms with Gasteiger partial charge in [-0.15, -0.1) is 11.3 Å². The lowest BCUT2D eigenvalue weighted by molar-refractivity contribution is 0.533. The Hall–Kier alpha value is -1.39. The standard InChI is InChI=1S/C15H17NOSSi/c1-10-11(2)17-9-14(10)19(3,4)15-16-12-7-5-6-8-13(12)18-15/h5-9H,1-4H3. The highest BCUT2D eigenvalue weighted by atomic mass is 32.1. The van der Waals surface area contributed by atoms with Crippen LogP contribution in [0.15, 0.2) is 34.9 Å². The second kappa shape index (κ2) is 4.32. The first-order chi connectivity index (χ1) is 9.00. The van der Waals surface area contributed by atoms with Gasteiger partial charge < -0.3 is 4.42 Å². The Bertz CT molecular complexity index is 709. The van der Waals surface area contributed by atoms with Crippen molar-refractivity contribution in [2.45, 2.75) is 26.9 Å². The molecule has 4 heteroatoms. The molecule has 0 radical (unpaired) electrons. The zero-order valence-electron chi connectivity index (χ0n) is 11.7. The first-order valence-corrected chi connectivity index (χ1v) is 10.2. The number of furan rings is 1. The minimum atomic E-state index is -1.75. The molecule has 0 N–H and O–H groups in total. The third-order valence-corrected chi connectivity index (χ3v) is 9.50. The molecule has 3 rings (SSSR count). The molecule has 0 atom stereocenters. The lowest BCUT2D eigenvalue weighted by atomic mass is 10.3. The Labute approximate surface area is 118 Å². The Morgan fingerprint density at radius 2 is 1.89 bits per heavy atom. The van der Waals surface area contributed by atoms with Crippen molar-refractivity contribution in [1.29, 1.82) is 0 Å². The van der Waals surface area contributed by atoms with Gasteiger partial charge in [0, 0.05) is 0 Å². The van der Waals surface area contributed by atoms with Crippen molar-refractivity contribution in [3.63, 3.8) is 0 Å². The third-order valence-electron chi connectivity index (χ3n) is 3.79. The SMILES string of the molecule is Cc1occ([Si](C)(C)c2nc3ccccc3s2)c1C. The average Bonchev–Trinajstić information content (AvgIpc) is 2.95. The van der Waals surface area contributed by atoms with E-state index < -0.39 is 8.07 Å². The lowest BCUT2D eigenvalue weighted by Gasteiger charge is -2.18. The molecular weight excluding hydrogens is 270 g/mol. The molecule has 98 valence electrons. The van der Waals surface area contributed by atoms with Gasteiger partial charge in [0.25, 0.3) is 0 Å². The third kappa shape index (κ3) is 1.95. The van der Waals surface area contributed by atoms with E-state index in [-0.39, 0.29) is 0 Å². The zero-order valence-corrected chi connectivity index (χ0v) is 13.5. The Kier molecular flexibility index (Phi) is 2.87. The molecule has 0 amide bonds. The van der Waals surface area contributed by atoms with Gasteiger partial charge in [-0.2, -0.15) is 0 Å². The smallest absolute Gasteiger partial charge is 0.152 e. The van der Waals surface area contributed by atoms with Gasteiger partial charge in [0.15, 0.2) is 8.07 Å². The van der Waals surface area contributed by atoms with Gasteiger partial charge in [0.1, 0.15) is 5.76 Å². The van der Waals surface area contributed by atoms with Crippen molar-refractivity contribution in [2.24, 2.45) is 0 Å². The fraction of sp³-hybridized carbons (Fsp3) is 0.267. The highest BCUT2D eigenvalue weighted by Crippen LogP contribution is 2.20. The van der Waals surface area contributed by atoms with Crippen LogP contribution in [0.4, 0.5) is 0 Å². The predicted molar refractivity (Wildman–Crippen MR) is 84.6 cm³/mol. The quantitative estimate of drug-likeness (QED) is 0.676. The molecule has 0 aliphatic carbocycles. The summed E-state index contributed by atoms with van der Waals surface area (Å²) in [5, 5.41) is 1.36. The van der Waals surface area contributed by atoms with Gasteiger partial charge in [-0.25, -0.2) is 4.98 Å². The van der Waals surface area contributed by atoms with Gasteiger partial charge >= 0.3 is 0 Å². The fourth-order valence-corrected chi connectivity index (χ4v) is 6.88. The summed E-state index contributed by atoms with van der Waals surface area (Å²) >= 11 is 1.83. The van der Waals surface area contributed by atoms with E-state index >= 15 is 0 Å². The number of benzene rings is 1. The number of nitrogens with zero attached hydrogens (tertiary/aromatic N) is 1. The molecule has 2 heterocycles. The number of rotatable bonds is 2. The molecule has 0 saturated heterocycles. The van der Waals surface area contributed by atoms with E-state index in [1.54, 1.807) is 0 Å². The number of fused-ring (bicyclic) bond motifs is 1. The maximum absolute atomic E-state index is 5.59. The number of aromatic nitrogens is 1. The Morgan fingerprint density at radius 3 is 2.53 bits per heavy atom. The number of aryl methyl sites for hydroxylation is 1. The molecule has 1 aromatic carbocycles. The normalized spacial score (nSPS) is 12.2. The molecule has 3 aromatic rings. The monoisotopic (exact) mass is 287 g/mol. The maximum atomic E-state index is 5.59. The number of hydrogen-bond acceptors (Lipinski definition) is 3. The van der Waals surface area contributed by atoms with Crippen LogP contribution in [0.25, 0.3) is 10.2 Å². The van der Waals surface area contributed by atoms with Crippen molar-refractivity contribution in [3.8, 4) is 0 Å². The van der Waals surface area contributed by atoms with Gasteiger partial charge in [-0.3, -0.25) is 0 Å². The van der Waals surface area contributed by atoms with Crippen LogP contribution in [0.5, 0.6) is 0 Å².